The van der Waals surface area contributed by atoms with E-state index in [1.54, 1.807) is 23.0 Å². The highest BCUT2D eigenvalue weighted by molar-refractivity contribution is 7.84. The Morgan fingerprint density at radius 3 is 2.74 bits per heavy atom. The molecule has 0 spiro atoms. The summed E-state index contributed by atoms with van der Waals surface area (Å²) < 4.78 is 27.0. The van der Waals surface area contributed by atoms with Crippen molar-refractivity contribution in [2.45, 2.75) is 11.4 Å². The van der Waals surface area contributed by atoms with E-state index in [9.17, 15) is 8.60 Å². The maximum Gasteiger partial charge on any atom is 0.141 e. The van der Waals surface area contributed by atoms with E-state index in [0.29, 0.717) is 12.2 Å². The molecule has 0 fully saturated rings. The Kier molecular flexibility index (Phi) is 4.52. The number of rotatable bonds is 5. The van der Waals surface area contributed by atoms with E-state index >= 15 is 0 Å². The van der Waals surface area contributed by atoms with Crippen molar-refractivity contribution in [2.24, 2.45) is 0 Å². The molecule has 3 aromatic rings. The lowest BCUT2D eigenvalue weighted by molar-refractivity contribution is 0.596. The number of nitrogens with zero attached hydrogens (tertiary/aromatic N) is 2. The third-order valence-corrected chi connectivity index (χ3v) is 4.42. The molecular formula is C17H16FN3OS. The molecule has 0 saturated heterocycles. The van der Waals surface area contributed by atoms with Gasteiger partial charge in [0.05, 0.1) is 21.4 Å². The summed E-state index contributed by atoms with van der Waals surface area (Å²) in [5.41, 5.74) is 2.66. The molecule has 118 valence electrons. The lowest BCUT2D eigenvalue weighted by Crippen LogP contribution is -2.06. The van der Waals surface area contributed by atoms with E-state index in [0.717, 1.165) is 11.3 Å². The third kappa shape index (κ3) is 3.48. The van der Waals surface area contributed by atoms with Crippen molar-refractivity contribution in [3.63, 3.8) is 0 Å². The second-order valence-corrected chi connectivity index (χ2v) is 6.38. The van der Waals surface area contributed by atoms with Crippen LogP contribution in [0.25, 0.3) is 5.69 Å². The van der Waals surface area contributed by atoms with Crippen LogP contribution in [-0.4, -0.2) is 20.2 Å². The molecule has 0 radical (unpaired) electrons. The SMILES string of the molecule is CS(=O)c1ccc(NCc2ccccc2-n2cccn2)cc1F. The van der Waals surface area contributed by atoms with E-state index in [1.165, 1.54) is 12.3 Å². The molecule has 1 heterocycles. The van der Waals surface area contributed by atoms with E-state index in [1.807, 2.05) is 36.5 Å². The van der Waals surface area contributed by atoms with Crippen LogP contribution in [0.1, 0.15) is 5.56 Å². The Labute approximate surface area is 136 Å². The largest absolute Gasteiger partial charge is 0.381 e. The Hall–Kier alpha value is -2.47. The van der Waals surface area contributed by atoms with Gasteiger partial charge in [0.2, 0.25) is 0 Å². The van der Waals surface area contributed by atoms with Crippen molar-refractivity contribution in [3.8, 4) is 5.69 Å². The molecule has 4 nitrogen and oxygen atoms in total. The first-order valence-electron chi connectivity index (χ1n) is 7.10. The first kappa shape index (κ1) is 15.4. The maximum absolute atomic E-state index is 13.9. The summed E-state index contributed by atoms with van der Waals surface area (Å²) in [6.45, 7) is 0.532. The number of halogens is 1. The van der Waals surface area contributed by atoms with Crippen molar-refractivity contribution in [2.75, 3.05) is 11.6 Å². The van der Waals surface area contributed by atoms with Gasteiger partial charge in [0.25, 0.3) is 0 Å². The first-order chi connectivity index (χ1) is 11.1. The minimum Gasteiger partial charge on any atom is -0.381 e. The summed E-state index contributed by atoms with van der Waals surface area (Å²) in [4.78, 5) is 0.215. The van der Waals surface area contributed by atoms with E-state index in [2.05, 4.69) is 10.4 Å². The Balaban J connectivity index is 1.79. The molecular weight excluding hydrogens is 313 g/mol. The van der Waals surface area contributed by atoms with Crippen LogP contribution in [0, 0.1) is 5.82 Å². The van der Waals surface area contributed by atoms with Crippen LogP contribution in [-0.2, 0) is 17.3 Å². The van der Waals surface area contributed by atoms with Crippen molar-refractivity contribution in [1.29, 1.82) is 0 Å². The Morgan fingerprint density at radius 2 is 2.04 bits per heavy atom. The molecule has 1 unspecified atom stereocenters. The van der Waals surface area contributed by atoms with Crippen LogP contribution in [0.15, 0.2) is 65.8 Å². The lowest BCUT2D eigenvalue weighted by Gasteiger charge is -2.12. The molecule has 0 bridgehead atoms. The predicted molar refractivity (Wildman–Crippen MR) is 89.6 cm³/mol. The first-order valence-corrected chi connectivity index (χ1v) is 8.66. The third-order valence-electron chi connectivity index (χ3n) is 3.47. The molecule has 0 aliphatic heterocycles. The molecule has 6 heteroatoms. The molecule has 3 rings (SSSR count). The number of anilines is 1. The van der Waals surface area contributed by atoms with Gasteiger partial charge in [-0.05, 0) is 35.9 Å². The van der Waals surface area contributed by atoms with Crippen LogP contribution in [0.5, 0.6) is 0 Å². The van der Waals surface area contributed by atoms with Gasteiger partial charge in [-0.2, -0.15) is 5.10 Å². The smallest absolute Gasteiger partial charge is 0.141 e. The van der Waals surface area contributed by atoms with E-state index < -0.39 is 16.6 Å². The number of aromatic nitrogens is 2. The van der Waals surface area contributed by atoms with Crippen LogP contribution in [0.4, 0.5) is 10.1 Å². The van der Waals surface area contributed by atoms with Gasteiger partial charge in [-0.15, -0.1) is 0 Å². The van der Waals surface area contributed by atoms with Gasteiger partial charge >= 0.3 is 0 Å². The monoisotopic (exact) mass is 329 g/mol. The molecule has 1 atom stereocenters. The Morgan fingerprint density at radius 1 is 1.22 bits per heavy atom. The number of nitrogens with one attached hydrogen (secondary N) is 1. The van der Waals surface area contributed by atoms with Crippen LogP contribution >= 0.6 is 0 Å². The second-order valence-electron chi connectivity index (χ2n) is 5.03. The van der Waals surface area contributed by atoms with Crippen LogP contribution < -0.4 is 5.32 Å². The normalized spacial score (nSPS) is 12.1. The van der Waals surface area contributed by atoms with Crippen molar-refractivity contribution < 1.29 is 8.60 Å². The summed E-state index contributed by atoms with van der Waals surface area (Å²) in [5.74, 6) is -0.462. The summed E-state index contributed by atoms with van der Waals surface area (Å²) in [6.07, 6.45) is 5.07. The van der Waals surface area contributed by atoms with Gasteiger partial charge < -0.3 is 5.32 Å². The van der Waals surface area contributed by atoms with E-state index in [-0.39, 0.29) is 4.90 Å². The number of para-hydroxylation sites is 1. The van der Waals surface area contributed by atoms with Gasteiger partial charge in [0.1, 0.15) is 5.82 Å². The number of benzene rings is 2. The number of hydrogen-bond donors (Lipinski definition) is 1. The molecule has 0 aliphatic rings. The highest BCUT2D eigenvalue weighted by atomic mass is 32.2. The molecule has 1 aromatic heterocycles. The van der Waals surface area contributed by atoms with Crippen LogP contribution in [0.3, 0.4) is 0 Å². The fraction of sp³-hybridized carbons (Fsp3) is 0.118. The van der Waals surface area contributed by atoms with Gasteiger partial charge in [0, 0.05) is 30.9 Å². The zero-order valence-corrected chi connectivity index (χ0v) is 13.4. The van der Waals surface area contributed by atoms with E-state index in [4.69, 9.17) is 0 Å². The summed E-state index contributed by atoms with van der Waals surface area (Å²) in [7, 11) is -1.33. The Bertz CT molecular complexity index is 834. The van der Waals surface area contributed by atoms with Gasteiger partial charge in [0.15, 0.2) is 0 Å². The zero-order valence-electron chi connectivity index (χ0n) is 12.6. The van der Waals surface area contributed by atoms with Gasteiger partial charge in [-0.25, -0.2) is 9.07 Å². The quantitative estimate of drug-likeness (QED) is 0.781. The van der Waals surface area contributed by atoms with Crippen molar-refractivity contribution >= 4 is 16.5 Å². The van der Waals surface area contributed by atoms with Gasteiger partial charge in [-0.3, -0.25) is 4.21 Å². The zero-order chi connectivity index (χ0) is 16.2. The van der Waals surface area contributed by atoms with Crippen molar-refractivity contribution in [1.82, 2.24) is 9.78 Å². The second kappa shape index (κ2) is 6.75. The molecule has 0 amide bonds. The molecule has 0 saturated carbocycles. The molecule has 2 aromatic carbocycles. The standard InChI is InChI=1S/C17H16FN3OS/c1-23(22)17-8-7-14(11-15(17)18)19-12-13-5-2-3-6-16(13)21-10-4-9-20-21/h2-11,19H,12H2,1H3. The van der Waals surface area contributed by atoms with Gasteiger partial charge in [-0.1, -0.05) is 18.2 Å². The average molecular weight is 329 g/mol. The van der Waals surface area contributed by atoms with Crippen molar-refractivity contribution in [3.05, 3.63) is 72.3 Å². The molecule has 1 N–H and O–H groups in total. The summed E-state index contributed by atoms with van der Waals surface area (Å²) >= 11 is 0. The minimum atomic E-state index is -1.33. The maximum atomic E-state index is 13.9. The highest BCUT2D eigenvalue weighted by Crippen LogP contribution is 2.19. The fourth-order valence-corrected chi connectivity index (χ4v) is 2.93. The summed E-state index contributed by atoms with van der Waals surface area (Å²) in [6, 6.07) is 14.4. The number of hydrogen-bond acceptors (Lipinski definition) is 3. The minimum absolute atomic E-state index is 0.215. The van der Waals surface area contributed by atoms with Crippen LogP contribution in [0.2, 0.25) is 0 Å². The lowest BCUT2D eigenvalue weighted by atomic mass is 10.1. The predicted octanol–water partition coefficient (Wildman–Crippen LogP) is 3.36. The molecule has 23 heavy (non-hydrogen) atoms. The summed E-state index contributed by atoms with van der Waals surface area (Å²) in [5, 5.41) is 7.43. The highest BCUT2D eigenvalue weighted by Gasteiger charge is 2.08. The fourth-order valence-electron chi connectivity index (χ4n) is 2.34. The topological polar surface area (TPSA) is 46.9 Å². The average Bonchev–Trinajstić information content (AvgIpc) is 3.07. The molecule has 0 aliphatic carbocycles.